The quantitative estimate of drug-likeness (QED) is 0.258. The molecule has 90 valence electrons. The molecule has 0 saturated heterocycles. The molecule has 0 saturated carbocycles. The zero-order valence-electron chi connectivity index (χ0n) is 9.41. The highest BCUT2D eigenvalue weighted by molar-refractivity contribution is 5.77. The highest BCUT2D eigenvalue weighted by Crippen LogP contribution is 2.11. The Morgan fingerprint density at radius 3 is 2.65 bits per heavy atom. The van der Waals surface area contributed by atoms with Crippen LogP contribution in [0.4, 0.5) is 0 Å². The van der Waals surface area contributed by atoms with Gasteiger partial charge >= 0.3 is 12.0 Å². The molecule has 17 heavy (non-hydrogen) atoms. The van der Waals surface area contributed by atoms with Crippen LogP contribution in [0.2, 0.25) is 0 Å². The Hall–Kier alpha value is -2.17. The largest absolute Gasteiger partial charge is 0.421 e. The lowest BCUT2D eigenvalue weighted by Gasteiger charge is -2.07. The summed E-state index contributed by atoms with van der Waals surface area (Å²) in [4.78, 5) is 21.6. The maximum Gasteiger partial charge on any atom is 0.387 e. The Kier molecular flexibility index (Phi) is 4.87. The van der Waals surface area contributed by atoms with Crippen LogP contribution in [0.1, 0.15) is 13.3 Å². The van der Waals surface area contributed by atoms with Crippen LogP contribution in [-0.4, -0.2) is 16.9 Å². The molecular formula is C12H13NO4. The summed E-state index contributed by atoms with van der Waals surface area (Å²) in [6, 6.07) is 6.94. The second-order valence-electron chi connectivity index (χ2n) is 3.34. The van der Waals surface area contributed by atoms with Crippen molar-refractivity contribution in [2.24, 2.45) is 0 Å². The average Bonchev–Trinajstić information content (AvgIpc) is 2.30. The Labute approximate surface area is 98.9 Å². The first-order valence-electron chi connectivity index (χ1n) is 5.16. The molecule has 0 aliphatic carbocycles. The molecule has 0 aromatic heterocycles. The third-order valence-electron chi connectivity index (χ3n) is 2.08. The van der Waals surface area contributed by atoms with Crippen LogP contribution in [0, 0.1) is 10.1 Å². The molecule has 1 aromatic rings. The van der Waals surface area contributed by atoms with Crippen LogP contribution in [0.15, 0.2) is 42.5 Å². The minimum atomic E-state index is -1.36. The Morgan fingerprint density at radius 1 is 1.47 bits per heavy atom. The molecular weight excluding hydrogens is 222 g/mol. The molecule has 0 radical (unpaired) electrons. The van der Waals surface area contributed by atoms with Crippen LogP contribution in [0.5, 0.6) is 5.75 Å². The molecule has 0 aliphatic rings. The summed E-state index contributed by atoms with van der Waals surface area (Å²) in [6.45, 7) is 1.74. The predicted octanol–water partition coefficient (Wildman–Crippen LogP) is 2.20. The standard InChI is InChI=1S/C12H13NO4/c1-2-3-9-11(13(15)16)12(14)17-10-7-5-4-6-8-10/h2-8,11H,9H2,1H3/b3-2+. The monoisotopic (exact) mass is 235 g/mol. The number of ether oxygens (including phenoxy) is 1. The number of benzene rings is 1. The summed E-state index contributed by atoms with van der Waals surface area (Å²) in [5.74, 6) is -0.538. The zero-order valence-corrected chi connectivity index (χ0v) is 9.41. The van der Waals surface area contributed by atoms with Crippen molar-refractivity contribution in [3.05, 3.63) is 52.6 Å². The van der Waals surface area contributed by atoms with Gasteiger partial charge in [0.05, 0.1) is 0 Å². The van der Waals surface area contributed by atoms with Crippen molar-refractivity contribution in [3.63, 3.8) is 0 Å². The van der Waals surface area contributed by atoms with Crippen LogP contribution in [0.3, 0.4) is 0 Å². The van der Waals surface area contributed by atoms with Crippen LogP contribution < -0.4 is 4.74 Å². The predicted molar refractivity (Wildman–Crippen MR) is 62.3 cm³/mol. The summed E-state index contributed by atoms with van der Waals surface area (Å²) in [6.07, 6.45) is 3.27. The first kappa shape index (κ1) is 12.9. The third kappa shape index (κ3) is 4.06. The molecule has 1 aromatic carbocycles. The van der Waals surface area contributed by atoms with Crippen molar-refractivity contribution in [3.8, 4) is 5.75 Å². The van der Waals surface area contributed by atoms with Gasteiger partial charge in [-0.2, -0.15) is 0 Å². The smallest absolute Gasteiger partial charge is 0.387 e. The second-order valence-corrected chi connectivity index (χ2v) is 3.34. The van der Waals surface area contributed by atoms with Gasteiger partial charge < -0.3 is 4.74 Å². The summed E-state index contributed by atoms with van der Waals surface area (Å²) in [5, 5.41) is 10.7. The van der Waals surface area contributed by atoms with Gasteiger partial charge in [0.15, 0.2) is 0 Å². The van der Waals surface area contributed by atoms with E-state index >= 15 is 0 Å². The average molecular weight is 235 g/mol. The topological polar surface area (TPSA) is 69.4 Å². The zero-order chi connectivity index (χ0) is 12.7. The second kappa shape index (κ2) is 6.42. The fraction of sp³-hybridized carbons (Fsp3) is 0.250. The number of rotatable bonds is 5. The van der Waals surface area contributed by atoms with Crippen LogP contribution in [-0.2, 0) is 4.79 Å². The van der Waals surface area contributed by atoms with Gasteiger partial charge in [-0.05, 0) is 19.1 Å². The number of allylic oxidation sites excluding steroid dienone is 1. The molecule has 0 heterocycles. The van der Waals surface area contributed by atoms with E-state index in [2.05, 4.69) is 0 Å². The van der Waals surface area contributed by atoms with E-state index < -0.39 is 16.9 Å². The number of carbonyl (C=O) groups excluding carboxylic acids is 1. The molecule has 1 unspecified atom stereocenters. The number of hydrogen-bond donors (Lipinski definition) is 0. The fourth-order valence-corrected chi connectivity index (χ4v) is 1.21. The van der Waals surface area contributed by atoms with E-state index in [1.165, 1.54) is 0 Å². The number of carbonyl (C=O) groups is 1. The SMILES string of the molecule is C/C=C/CC(C(=O)Oc1ccccc1)[N+](=O)[O-]. The van der Waals surface area contributed by atoms with E-state index in [9.17, 15) is 14.9 Å². The van der Waals surface area contributed by atoms with Gasteiger partial charge in [0, 0.05) is 11.3 Å². The minimum absolute atomic E-state index is 0.0369. The first-order chi connectivity index (χ1) is 8.15. The maximum absolute atomic E-state index is 11.6. The molecule has 1 rings (SSSR count). The number of nitrogens with zero attached hydrogens (tertiary/aromatic N) is 1. The van der Waals surface area contributed by atoms with Crippen molar-refractivity contribution < 1.29 is 14.5 Å². The van der Waals surface area contributed by atoms with Crippen LogP contribution >= 0.6 is 0 Å². The first-order valence-corrected chi connectivity index (χ1v) is 5.16. The van der Waals surface area contributed by atoms with Gasteiger partial charge in [-0.15, -0.1) is 0 Å². The van der Waals surface area contributed by atoms with Crippen LogP contribution in [0.25, 0.3) is 0 Å². The van der Waals surface area contributed by atoms with Crippen molar-refractivity contribution in [1.82, 2.24) is 0 Å². The molecule has 0 N–H and O–H groups in total. The number of hydrogen-bond acceptors (Lipinski definition) is 4. The Bertz CT molecular complexity index is 414. The molecule has 0 fully saturated rings. The Morgan fingerprint density at radius 2 is 2.12 bits per heavy atom. The van der Waals surface area contributed by atoms with Gasteiger partial charge in [0.25, 0.3) is 0 Å². The van der Waals surface area contributed by atoms with E-state index in [0.29, 0.717) is 5.75 Å². The Balaban J connectivity index is 2.69. The van der Waals surface area contributed by atoms with Gasteiger partial charge in [-0.25, -0.2) is 4.79 Å². The lowest BCUT2D eigenvalue weighted by molar-refractivity contribution is -0.508. The molecule has 5 nitrogen and oxygen atoms in total. The van der Waals surface area contributed by atoms with E-state index in [4.69, 9.17) is 4.74 Å². The summed E-state index contributed by atoms with van der Waals surface area (Å²) < 4.78 is 4.92. The normalized spacial score (nSPS) is 12.3. The minimum Gasteiger partial charge on any atom is -0.421 e. The highest BCUT2D eigenvalue weighted by atomic mass is 16.6. The van der Waals surface area contributed by atoms with Gasteiger partial charge in [0.1, 0.15) is 5.75 Å². The van der Waals surface area contributed by atoms with Gasteiger partial charge in [-0.1, -0.05) is 30.4 Å². The molecule has 5 heteroatoms. The molecule has 0 bridgehead atoms. The van der Waals surface area contributed by atoms with E-state index in [-0.39, 0.29) is 6.42 Å². The molecule has 0 amide bonds. The van der Waals surface area contributed by atoms with Crippen molar-refractivity contribution in [2.45, 2.75) is 19.4 Å². The number of esters is 1. The van der Waals surface area contributed by atoms with Crippen molar-refractivity contribution in [2.75, 3.05) is 0 Å². The van der Waals surface area contributed by atoms with Crippen molar-refractivity contribution in [1.29, 1.82) is 0 Å². The third-order valence-corrected chi connectivity index (χ3v) is 2.08. The summed E-state index contributed by atoms with van der Waals surface area (Å²) >= 11 is 0. The number of nitro groups is 1. The molecule has 0 spiro atoms. The van der Waals surface area contributed by atoms with Gasteiger partial charge in [0.2, 0.25) is 0 Å². The van der Waals surface area contributed by atoms with E-state index in [0.717, 1.165) is 0 Å². The fourth-order valence-electron chi connectivity index (χ4n) is 1.21. The summed E-state index contributed by atoms with van der Waals surface area (Å²) in [5.41, 5.74) is 0. The maximum atomic E-state index is 11.6. The van der Waals surface area contributed by atoms with Crippen molar-refractivity contribution >= 4 is 5.97 Å². The molecule has 0 aliphatic heterocycles. The summed E-state index contributed by atoms with van der Waals surface area (Å²) in [7, 11) is 0. The van der Waals surface area contributed by atoms with Gasteiger partial charge in [-0.3, -0.25) is 10.1 Å². The lowest BCUT2D eigenvalue weighted by Crippen LogP contribution is -2.32. The lowest BCUT2D eigenvalue weighted by atomic mass is 10.2. The van der Waals surface area contributed by atoms with E-state index in [1.54, 1.807) is 49.4 Å². The van der Waals surface area contributed by atoms with E-state index in [1.807, 2.05) is 0 Å². The number of para-hydroxylation sites is 1. The molecule has 1 atom stereocenters. The highest BCUT2D eigenvalue weighted by Gasteiger charge is 2.30.